The van der Waals surface area contributed by atoms with Crippen LogP contribution in [0.25, 0.3) is 0 Å². The summed E-state index contributed by atoms with van der Waals surface area (Å²) in [5, 5.41) is 3.25. The van der Waals surface area contributed by atoms with Crippen molar-refractivity contribution in [3.8, 4) is 0 Å². The number of halogens is 3. The Morgan fingerprint density at radius 3 is 2.61 bits per heavy atom. The molecule has 0 aromatic heterocycles. The minimum atomic E-state index is -2.86. The first-order chi connectivity index (χ1) is 15.7. The molecule has 0 spiro atoms. The highest BCUT2D eigenvalue weighted by molar-refractivity contribution is 5.83. The second-order valence-electron chi connectivity index (χ2n) is 7.41. The molecule has 1 heterocycles. The van der Waals surface area contributed by atoms with Crippen molar-refractivity contribution >= 4 is 11.5 Å². The molecule has 1 aromatic carbocycles. The monoisotopic (exact) mass is 467 g/mol. The first-order valence-electron chi connectivity index (χ1n) is 11.1. The van der Waals surface area contributed by atoms with Crippen molar-refractivity contribution in [2.45, 2.75) is 66.0 Å². The highest BCUT2D eigenvalue weighted by Gasteiger charge is 2.46. The maximum atomic E-state index is 14.8. The minimum Gasteiger partial charge on any atom is -0.495 e. The number of rotatable bonds is 8. The quantitative estimate of drug-likeness (QED) is 0.348. The van der Waals surface area contributed by atoms with Gasteiger partial charge in [0, 0.05) is 11.3 Å². The van der Waals surface area contributed by atoms with Crippen LogP contribution < -0.4 is 11.1 Å². The Bertz CT molecular complexity index is 910. The standard InChI is InChI=1S/C23H30F3N3O2.C2H6/c1-6-8-9-18(30-5)20(14(3)7-2)28-15-10-11-17(24)16(12-15)23(4)21(22(25)26)31-13-19(27)29-23;1-2/h6,8-12,21-22,28H,7,13H2,1-5H3,(H2,27,29);1-2H3/b8-6-,18-9+,20-14-;. The number of alkyl halides is 2. The van der Waals surface area contributed by atoms with Crippen LogP contribution in [-0.2, 0) is 15.0 Å². The predicted molar refractivity (Wildman–Crippen MR) is 129 cm³/mol. The highest BCUT2D eigenvalue weighted by atomic mass is 19.3. The lowest BCUT2D eigenvalue weighted by Crippen LogP contribution is -2.49. The van der Waals surface area contributed by atoms with Gasteiger partial charge in [0.15, 0.2) is 0 Å². The third-order valence-corrected chi connectivity index (χ3v) is 5.21. The van der Waals surface area contributed by atoms with Crippen LogP contribution in [0.1, 0.15) is 53.5 Å². The zero-order valence-electron chi connectivity index (χ0n) is 20.5. The summed E-state index contributed by atoms with van der Waals surface area (Å²) in [7, 11) is 1.56. The molecule has 3 N–H and O–H groups in total. The summed E-state index contributed by atoms with van der Waals surface area (Å²) in [5.41, 5.74) is 6.25. The SMILES string of the molecule is CC.C\C=C/C=C(OC)\C(Nc1ccc(F)c(C2(C)N=C(N)COC2C(F)F)c1)=C(/C)CC. The Morgan fingerprint density at radius 2 is 2.06 bits per heavy atom. The van der Waals surface area contributed by atoms with E-state index in [1.54, 1.807) is 13.2 Å². The van der Waals surface area contributed by atoms with Gasteiger partial charge >= 0.3 is 0 Å². The number of benzene rings is 1. The molecule has 8 heteroatoms. The molecule has 0 saturated carbocycles. The Kier molecular flexibility index (Phi) is 11.2. The van der Waals surface area contributed by atoms with Gasteiger partial charge in [-0.15, -0.1) is 0 Å². The van der Waals surface area contributed by atoms with Gasteiger partial charge in [-0.05, 0) is 57.0 Å². The molecule has 0 amide bonds. The minimum absolute atomic E-state index is 0.0321. The van der Waals surface area contributed by atoms with Gasteiger partial charge in [0.2, 0.25) is 0 Å². The number of nitrogens with zero attached hydrogens (tertiary/aromatic N) is 1. The van der Waals surface area contributed by atoms with E-state index in [1.807, 2.05) is 46.8 Å². The van der Waals surface area contributed by atoms with E-state index in [0.717, 1.165) is 12.0 Å². The molecule has 1 aliphatic heterocycles. The number of methoxy groups -OCH3 is 1. The number of aliphatic imine (C=N–C) groups is 1. The molecule has 0 aliphatic carbocycles. The Labute approximate surface area is 195 Å². The number of hydrogen-bond acceptors (Lipinski definition) is 5. The summed E-state index contributed by atoms with van der Waals surface area (Å²) >= 11 is 0. The molecule has 0 saturated heterocycles. The zero-order valence-corrected chi connectivity index (χ0v) is 20.5. The van der Waals surface area contributed by atoms with Crippen LogP contribution in [0.2, 0.25) is 0 Å². The number of hydrogen-bond donors (Lipinski definition) is 2. The predicted octanol–water partition coefficient (Wildman–Crippen LogP) is 6.29. The number of nitrogens with one attached hydrogen (secondary N) is 1. The van der Waals surface area contributed by atoms with E-state index in [9.17, 15) is 13.2 Å². The first kappa shape index (κ1) is 28.3. The number of anilines is 1. The molecule has 1 aliphatic rings. The van der Waals surface area contributed by atoms with Gasteiger partial charge in [-0.25, -0.2) is 13.2 Å². The Balaban J connectivity index is 0.00000265. The second-order valence-corrected chi connectivity index (χ2v) is 7.41. The summed E-state index contributed by atoms with van der Waals surface area (Å²) in [6, 6.07) is 4.21. The second kappa shape index (κ2) is 13.1. The summed E-state index contributed by atoms with van der Waals surface area (Å²) in [6.45, 7) is 11.0. The molecule has 1 aromatic rings. The van der Waals surface area contributed by atoms with Crippen LogP contribution in [0.15, 0.2) is 58.4 Å². The normalized spacial score (nSPS) is 21.8. The molecule has 2 unspecified atom stereocenters. The molecule has 33 heavy (non-hydrogen) atoms. The van der Waals surface area contributed by atoms with Gasteiger partial charge in [0.25, 0.3) is 6.43 Å². The van der Waals surface area contributed by atoms with E-state index in [4.69, 9.17) is 15.2 Å². The van der Waals surface area contributed by atoms with Crippen LogP contribution in [-0.4, -0.2) is 32.1 Å². The molecule has 5 nitrogen and oxygen atoms in total. The van der Waals surface area contributed by atoms with Crippen molar-refractivity contribution in [2.24, 2.45) is 10.7 Å². The lowest BCUT2D eigenvalue weighted by Gasteiger charge is -2.38. The van der Waals surface area contributed by atoms with Crippen LogP contribution in [0.3, 0.4) is 0 Å². The third-order valence-electron chi connectivity index (χ3n) is 5.21. The van der Waals surface area contributed by atoms with Crippen molar-refractivity contribution in [3.63, 3.8) is 0 Å². The molecule has 0 fully saturated rings. The molecular weight excluding hydrogens is 431 g/mol. The molecule has 2 atom stereocenters. The fourth-order valence-corrected chi connectivity index (χ4v) is 3.39. The van der Waals surface area contributed by atoms with Gasteiger partial charge in [-0.3, -0.25) is 4.99 Å². The number of ether oxygens (including phenoxy) is 2. The topological polar surface area (TPSA) is 68.9 Å². The van der Waals surface area contributed by atoms with Gasteiger partial charge in [-0.2, -0.15) is 0 Å². The van der Waals surface area contributed by atoms with Crippen molar-refractivity contribution in [2.75, 3.05) is 19.0 Å². The molecular formula is C25H36F3N3O2. The molecule has 2 rings (SSSR count). The van der Waals surface area contributed by atoms with Gasteiger partial charge in [0.1, 0.15) is 35.7 Å². The van der Waals surface area contributed by atoms with Crippen LogP contribution in [0.5, 0.6) is 0 Å². The van der Waals surface area contributed by atoms with Crippen LogP contribution in [0.4, 0.5) is 18.9 Å². The maximum absolute atomic E-state index is 14.8. The summed E-state index contributed by atoms with van der Waals surface area (Å²) in [5.74, 6) is -0.0475. The average Bonchev–Trinajstić information content (AvgIpc) is 2.80. The third kappa shape index (κ3) is 6.87. The highest BCUT2D eigenvalue weighted by Crippen LogP contribution is 2.39. The van der Waals surface area contributed by atoms with Gasteiger partial charge < -0.3 is 20.5 Å². The summed E-state index contributed by atoms with van der Waals surface area (Å²) in [4.78, 5) is 4.18. The molecule has 0 bridgehead atoms. The largest absolute Gasteiger partial charge is 0.495 e. The first-order valence-corrected chi connectivity index (χ1v) is 11.1. The van der Waals surface area contributed by atoms with E-state index in [2.05, 4.69) is 10.3 Å². The van der Waals surface area contributed by atoms with E-state index in [1.165, 1.54) is 25.1 Å². The van der Waals surface area contributed by atoms with E-state index >= 15 is 0 Å². The molecule has 184 valence electrons. The summed E-state index contributed by atoms with van der Waals surface area (Å²) in [6.07, 6.45) is 1.77. The maximum Gasteiger partial charge on any atom is 0.267 e. The van der Waals surface area contributed by atoms with Gasteiger partial charge in [0.05, 0.1) is 12.8 Å². The van der Waals surface area contributed by atoms with Crippen molar-refractivity contribution in [1.82, 2.24) is 0 Å². The number of amidine groups is 1. The average molecular weight is 468 g/mol. The number of nitrogens with two attached hydrogens (primary N) is 1. The van der Waals surface area contributed by atoms with E-state index < -0.39 is 23.9 Å². The fourth-order valence-electron chi connectivity index (χ4n) is 3.39. The lowest BCUT2D eigenvalue weighted by molar-refractivity contribution is -0.0883. The Hall–Kier alpha value is -2.74. The Morgan fingerprint density at radius 1 is 1.39 bits per heavy atom. The fraction of sp³-hybridized carbons (Fsp3) is 0.480. The smallest absolute Gasteiger partial charge is 0.267 e. The van der Waals surface area contributed by atoms with E-state index in [-0.39, 0.29) is 18.0 Å². The van der Waals surface area contributed by atoms with E-state index in [0.29, 0.717) is 17.1 Å². The van der Waals surface area contributed by atoms with Crippen molar-refractivity contribution < 1.29 is 22.6 Å². The van der Waals surface area contributed by atoms with Crippen LogP contribution >= 0.6 is 0 Å². The van der Waals surface area contributed by atoms with Crippen molar-refractivity contribution in [1.29, 1.82) is 0 Å². The van der Waals surface area contributed by atoms with Crippen molar-refractivity contribution in [3.05, 3.63) is 64.8 Å². The lowest BCUT2D eigenvalue weighted by atomic mass is 9.85. The van der Waals surface area contributed by atoms with Crippen LogP contribution in [0, 0.1) is 5.82 Å². The molecule has 0 radical (unpaired) electrons. The summed E-state index contributed by atoms with van der Waals surface area (Å²) < 4.78 is 52.9. The zero-order chi connectivity index (χ0) is 25.2. The van der Waals surface area contributed by atoms with Gasteiger partial charge in [-0.1, -0.05) is 32.9 Å². The number of allylic oxidation sites excluding steroid dienone is 4.